The van der Waals surface area contributed by atoms with Crippen LogP contribution in [0, 0.1) is 0 Å². The zero-order valence-electron chi connectivity index (χ0n) is 7.36. The van der Waals surface area contributed by atoms with E-state index in [1.54, 1.807) is 7.11 Å². The predicted octanol–water partition coefficient (Wildman–Crippen LogP) is 2.45. The first-order chi connectivity index (χ1) is 6.33. The van der Waals surface area contributed by atoms with Gasteiger partial charge in [0.2, 0.25) is 0 Å². The van der Waals surface area contributed by atoms with E-state index in [0.29, 0.717) is 0 Å². The highest BCUT2D eigenvalue weighted by Gasteiger charge is 2.18. The molecule has 1 atom stereocenters. The lowest BCUT2D eigenvalue weighted by Crippen LogP contribution is -2.22. The van der Waals surface area contributed by atoms with Crippen molar-refractivity contribution in [2.24, 2.45) is 0 Å². The van der Waals surface area contributed by atoms with Gasteiger partial charge in [-0.15, -0.1) is 0 Å². The van der Waals surface area contributed by atoms with Gasteiger partial charge in [-0.05, 0) is 17.2 Å². The highest BCUT2D eigenvalue weighted by atomic mass is 32.1. The van der Waals surface area contributed by atoms with Gasteiger partial charge in [0.25, 0.3) is 0 Å². The Bertz CT molecular complexity index is 368. The van der Waals surface area contributed by atoms with Crippen LogP contribution in [0.15, 0.2) is 30.3 Å². The van der Waals surface area contributed by atoms with Crippen LogP contribution in [0.2, 0.25) is 0 Å². The number of hydrogen-bond acceptors (Lipinski definition) is 2. The molecular weight excluding hydrogens is 180 g/mol. The summed E-state index contributed by atoms with van der Waals surface area (Å²) in [7, 11) is 1.68. The maximum Gasteiger partial charge on any atom is 0.111 e. The number of benzene rings is 1. The summed E-state index contributed by atoms with van der Waals surface area (Å²) < 4.78 is 5.23. The van der Waals surface area contributed by atoms with Gasteiger partial charge in [0.15, 0.2) is 0 Å². The fraction of sp³-hybridized carbons (Fsp3) is 0.182. The van der Waals surface area contributed by atoms with Crippen LogP contribution >= 0.6 is 12.2 Å². The van der Waals surface area contributed by atoms with Gasteiger partial charge in [-0.1, -0.05) is 42.6 Å². The van der Waals surface area contributed by atoms with Gasteiger partial charge in [-0.3, -0.25) is 0 Å². The van der Waals surface area contributed by atoms with Gasteiger partial charge in [0.05, 0.1) is 4.86 Å². The van der Waals surface area contributed by atoms with Crippen LogP contribution in [0.1, 0.15) is 11.1 Å². The molecule has 0 N–H and O–H groups in total. The normalized spacial score (nSPS) is 20.1. The highest BCUT2D eigenvalue weighted by molar-refractivity contribution is 7.81. The minimum atomic E-state index is -0.0371. The predicted molar refractivity (Wildman–Crippen MR) is 58.0 cm³/mol. The lowest BCUT2D eigenvalue weighted by atomic mass is 9.95. The molecule has 0 bridgehead atoms. The second-order valence-electron chi connectivity index (χ2n) is 2.97. The number of ether oxygens (including phenoxy) is 1. The van der Waals surface area contributed by atoms with E-state index in [4.69, 9.17) is 17.0 Å². The summed E-state index contributed by atoms with van der Waals surface area (Å²) in [5, 5.41) is 0. The van der Waals surface area contributed by atoms with Crippen molar-refractivity contribution >= 4 is 23.2 Å². The van der Waals surface area contributed by atoms with E-state index in [1.165, 1.54) is 5.56 Å². The second kappa shape index (κ2) is 3.40. The number of hydrogen-bond donors (Lipinski definition) is 0. The van der Waals surface area contributed by atoms with Crippen LogP contribution in [0.25, 0.3) is 6.08 Å². The highest BCUT2D eigenvalue weighted by Crippen LogP contribution is 2.20. The smallest absolute Gasteiger partial charge is 0.111 e. The molecule has 0 fully saturated rings. The largest absolute Gasteiger partial charge is 0.372 e. The molecule has 0 saturated carbocycles. The van der Waals surface area contributed by atoms with Crippen molar-refractivity contribution < 1.29 is 4.74 Å². The first-order valence-electron chi connectivity index (χ1n) is 4.17. The molecule has 1 nitrogen and oxygen atoms in total. The van der Waals surface area contributed by atoms with E-state index in [1.807, 2.05) is 24.3 Å². The Kier molecular flexibility index (Phi) is 2.25. The summed E-state index contributed by atoms with van der Waals surface area (Å²) >= 11 is 5.30. The molecule has 66 valence electrons. The van der Waals surface area contributed by atoms with E-state index in [-0.39, 0.29) is 6.10 Å². The van der Waals surface area contributed by atoms with Gasteiger partial charge in [-0.2, -0.15) is 0 Å². The van der Waals surface area contributed by atoms with Gasteiger partial charge in [0, 0.05) is 7.11 Å². The summed E-state index contributed by atoms with van der Waals surface area (Å²) in [6.45, 7) is 0. The number of methoxy groups -OCH3 is 1. The molecule has 0 aliphatic heterocycles. The third-order valence-electron chi connectivity index (χ3n) is 2.19. The zero-order chi connectivity index (χ0) is 9.26. The monoisotopic (exact) mass is 190 g/mol. The molecule has 2 rings (SSSR count). The van der Waals surface area contributed by atoms with E-state index in [9.17, 15) is 0 Å². The summed E-state index contributed by atoms with van der Waals surface area (Å²) in [4.78, 5) is 0.876. The Morgan fingerprint density at radius 3 is 2.85 bits per heavy atom. The van der Waals surface area contributed by atoms with E-state index in [0.717, 1.165) is 10.4 Å². The molecule has 0 spiro atoms. The van der Waals surface area contributed by atoms with Crippen molar-refractivity contribution in [1.29, 1.82) is 0 Å². The summed E-state index contributed by atoms with van der Waals surface area (Å²) in [5.41, 5.74) is 2.30. The Hall–Kier alpha value is -0.990. The van der Waals surface area contributed by atoms with Crippen molar-refractivity contribution in [1.82, 2.24) is 0 Å². The minimum Gasteiger partial charge on any atom is -0.372 e. The van der Waals surface area contributed by atoms with Crippen molar-refractivity contribution in [2.45, 2.75) is 6.10 Å². The molecule has 0 saturated heterocycles. The van der Waals surface area contributed by atoms with Crippen molar-refractivity contribution in [3.8, 4) is 0 Å². The molecule has 1 aromatic rings. The minimum absolute atomic E-state index is 0.0371. The second-order valence-corrected chi connectivity index (χ2v) is 3.41. The number of thiocarbonyl (C=S) groups is 1. The van der Waals surface area contributed by atoms with Crippen LogP contribution in [0.4, 0.5) is 0 Å². The Morgan fingerprint density at radius 2 is 2.08 bits per heavy atom. The van der Waals surface area contributed by atoms with Crippen LogP contribution in [-0.4, -0.2) is 18.1 Å². The first kappa shape index (κ1) is 8.60. The topological polar surface area (TPSA) is 9.23 Å². The van der Waals surface area contributed by atoms with Crippen LogP contribution in [-0.2, 0) is 4.74 Å². The third-order valence-corrected chi connectivity index (χ3v) is 2.64. The van der Waals surface area contributed by atoms with Gasteiger partial charge >= 0.3 is 0 Å². The maximum absolute atomic E-state index is 5.30. The summed E-state index contributed by atoms with van der Waals surface area (Å²) in [6, 6.07) is 8.10. The molecule has 1 aliphatic rings. The van der Waals surface area contributed by atoms with Crippen LogP contribution in [0.5, 0.6) is 0 Å². The Labute approximate surface area is 83.0 Å². The molecule has 1 aliphatic carbocycles. The number of rotatable bonds is 1. The van der Waals surface area contributed by atoms with E-state index in [2.05, 4.69) is 12.1 Å². The molecule has 1 unspecified atom stereocenters. The number of fused-ring (bicyclic) bond motifs is 1. The summed E-state index contributed by atoms with van der Waals surface area (Å²) in [5.74, 6) is 0. The van der Waals surface area contributed by atoms with Gasteiger partial charge in [-0.25, -0.2) is 0 Å². The average molecular weight is 190 g/mol. The molecule has 0 amide bonds. The molecule has 0 radical (unpaired) electrons. The average Bonchev–Trinajstić information content (AvgIpc) is 2.19. The molecular formula is C11H10OS. The fourth-order valence-electron chi connectivity index (χ4n) is 1.48. The van der Waals surface area contributed by atoms with Crippen LogP contribution in [0.3, 0.4) is 0 Å². The Balaban J connectivity index is 2.48. The molecule has 2 heteroatoms. The molecule has 0 heterocycles. The van der Waals surface area contributed by atoms with E-state index >= 15 is 0 Å². The molecule has 1 aromatic carbocycles. The molecule has 0 aromatic heterocycles. The molecule has 13 heavy (non-hydrogen) atoms. The van der Waals surface area contributed by atoms with Gasteiger partial charge < -0.3 is 4.74 Å². The van der Waals surface area contributed by atoms with E-state index < -0.39 is 0 Å². The Morgan fingerprint density at radius 1 is 1.31 bits per heavy atom. The standard InChI is InChI=1S/C11H10OS/c1-12-10-7-6-8-4-2-3-5-9(8)11(10)13/h2-7,10H,1H3. The zero-order valence-corrected chi connectivity index (χ0v) is 8.17. The first-order valence-corrected chi connectivity index (χ1v) is 4.58. The maximum atomic E-state index is 5.30. The summed E-state index contributed by atoms with van der Waals surface area (Å²) in [6.07, 6.45) is 4.01. The van der Waals surface area contributed by atoms with Crippen LogP contribution < -0.4 is 0 Å². The third kappa shape index (κ3) is 1.43. The van der Waals surface area contributed by atoms with Gasteiger partial charge in [0.1, 0.15) is 6.10 Å². The quantitative estimate of drug-likeness (QED) is 0.629. The lowest BCUT2D eigenvalue weighted by Gasteiger charge is -2.18. The lowest BCUT2D eigenvalue weighted by molar-refractivity contribution is 0.193. The van der Waals surface area contributed by atoms with Crippen molar-refractivity contribution in [2.75, 3.05) is 7.11 Å². The fourth-order valence-corrected chi connectivity index (χ4v) is 1.84. The van der Waals surface area contributed by atoms with Crippen molar-refractivity contribution in [3.63, 3.8) is 0 Å². The SMILES string of the molecule is COC1C=Cc2ccccc2C1=S. The van der Waals surface area contributed by atoms with Crippen molar-refractivity contribution in [3.05, 3.63) is 41.5 Å².